The van der Waals surface area contributed by atoms with E-state index in [0.29, 0.717) is 17.7 Å². The Labute approximate surface area is 155 Å². The number of aliphatic hydroxyl groups is 1. The number of hydrogen-bond donors (Lipinski definition) is 1. The Hall–Kier alpha value is -2.75. The number of ether oxygens (including phenoxy) is 2. The molecule has 1 N–H and O–H groups in total. The van der Waals surface area contributed by atoms with Gasteiger partial charge in [0.05, 0.1) is 12.7 Å². The molecule has 0 saturated carbocycles. The van der Waals surface area contributed by atoms with E-state index < -0.39 is 29.5 Å². The summed E-state index contributed by atoms with van der Waals surface area (Å²) in [6, 6.07) is 8.85. The van der Waals surface area contributed by atoms with Crippen LogP contribution in [0.5, 0.6) is 5.75 Å². The van der Waals surface area contributed by atoms with Crippen LogP contribution < -0.4 is 4.74 Å². The van der Waals surface area contributed by atoms with Gasteiger partial charge in [0, 0.05) is 5.56 Å². The van der Waals surface area contributed by atoms with Crippen molar-refractivity contribution in [2.24, 2.45) is 0 Å². The van der Waals surface area contributed by atoms with E-state index in [9.17, 15) is 36.2 Å². The van der Waals surface area contributed by atoms with E-state index in [1.54, 1.807) is 12.1 Å². The van der Waals surface area contributed by atoms with Crippen LogP contribution in [0.1, 0.15) is 21.5 Å². The summed E-state index contributed by atoms with van der Waals surface area (Å²) in [6.07, 6.45) is -11.9. The molecule has 2 aromatic rings. The van der Waals surface area contributed by atoms with Crippen LogP contribution >= 0.6 is 0 Å². The maximum Gasteiger partial charge on any atom is 0.430 e. The fourth-order valence-corrected chi connectivity index (χ4v) is 2.35. The number of rotatable bonds is 5. The third-order valence-electron chi connectivity index (χ3n) is 3.85. The van der Waals surface area contributed by atoms with Crippen molar-refractivity contribution in [2.45, 2.75) is 24.6 Å². The number of alkyl halides is 6. The number of methoxy groups -OCH3 is 1. The highest BCUT2D eigenvalue weighted by Gasteiger charge is 2.71. The van der Waals surface area contributed by atoms with Crippen molar-refractivity contribution in [2.75, 3.05) is 7.11 Å². The maximum absolute atomic E-state index is 12.8. The molecule has 0 saturated heterocycles. The Balaban J connectivity index is 2.18. The molecule has 0 aromatic heterocycles. The van der Waals surface area contributed by atoms with Crippen molar-refractivity contribution in [1.82, 2.24) is 0 Å². The molecule has 0 unspecified atom stereocenters. The molecule has 28 heavy (non-hydrogen) atoms. The van der Waals surface area contributed by atoms with Gasteiger partial charge in [-0.25, -0.2) is 4.79 Å². The lowest BCUT2D eigenvalue weighted by Crippen LogP contribution is -2.53. The number of esters is 1. The van der Waals surface area contributed by atoms with E-state index in [2.05, 4.69) is 4.74 Å². The minimum absolute atomic E-state index is 0.0288. The maximum atomic E-state index is 12.8. The minimum atomic E-state index is -5.96. The zero-order valence-electron chi connectivity index (χ0n) is 14.3. The quantitative estimate of drug-likeness (QED) is 0.590. The van der Waals surface area contributed by atoms with Gasteiger partial charge in [0.15, 0.2) is 0 Å². The second-order valence-corrected chi connectivity index (χ2v) is 5.71. The summed E-state index contributed by atoms with van der Waals surface area (Å²) in [5.41, 5.74) is -5.60. The summed E-state index contributed by atoms with van der Waals surface area (Å²) in [4.78, 5) is 11.5. The molecule has 0 aliphatic carbocycles. The Bertz CT molecular complexity index is 813. The van der Waals surface area contributed by atoms with Crippen molar-refractivity contribution in [3.05, 3.63) is 65.2 Å². The van der Waals surface area contributed by atoms with Crippen molar-refractivity contribution in [1.29, 1.82) is 0 Å². The van der Waals surface area contributed by atoms with Crippen LogP contribution in [-0.2, 0) is 16.9 Å². The topological polar surface area (TPSA) is 55.8 Å². The number of carbonyl (C=O) groups is 1. The highest BCUT2D eigenvalue weighted by molar-refractivity contribution is 5.89. The summed E-state index contributed by atoms with van der Waals surface area (Å²) in [6.45, 7) is -0.104. The summed E-state index contributed by atoms with van der Waals surface area (Å²) in [5.74, 6) is -0.608. The smallest absolute Gasteiger partial charge is 0.430 e. The molecule has 4 nitrogen and oxygen atoms in total. The molecule has 0 heterocycles. The number of halogens is 6. The first-order chi connectivity index (χ1) is 12.9. The lowest BCUT2D eigenvalue weighted by atomic mass is 9.92. The van der Waals surface area contributed by atoms with Gasteiger partial charge < -0.3 is 14.6 Å². The van der Waals surface area contributed by atoms with Gasteiger partial charge in [-0.3, -0.25) is 0 Å². The SMILES string of the molecule is COC(=O)c1cccc(COc2ccc(C(O)(C(F)(F)F)C(F)(F)F)cc2)c1. The highest BCUT2D eigenvalue weighted by atomic mass is 19.4. The first-order valence-electron chi connectivity index (χ1n) is 7.66. The first-order valence-corrected chi connectivity index (χ1v) is 7.66. The van der Waals surface area contributed by atoms with Crippen LogP contribution in [0.25, 0.3) is 0 Å². The van der Waals surface area contributed by atoms with Gasteiger partial charge in [-0.15, -0.1) is 0 Å². The van der Waals surface area contributed by atoms with Crippen molar-refractivity contribution < 1.29 is 45.7 Å². The molecule has 0 spiro atoms. The highest BCUT2D eigenvalue weighted by Crippen LogP contribution is 2.50. The van der Waals surface area contributed by atoms with Crippen LogP contribution in [0.15, 0.2) is 48.5 Å². The zero-order chi connectivity index (χ0) is 21.2. The van der Waals surface area contributed by atoms with Crippen LogP contribution in [0.2, 0.25) is 0 Å². The summed E-state index contributed by atoms with van der Waals surface area (Å²) < 4.78 is 87.0. The second kappa shape index (κ2) is 7.70. The Morgan fingerprint density at radius 3 is 2.04 bits per heavy atom. The van der Waals surface area contributed by atoms with Crippen molar-refractivity contribution >= 4 is 5.97 Å². The van der Waals surface area contributed by atoms with Crippen LogP contribution in [-0.4, -0.2) is 30.5 Å². The van der Waals surface area contributed by atoms with Gasteiger partial charge in [-0.05, 0) is 29.8 Å². The molecule has 10 heteroatoms. The third kappa shape index (κ3) is 4.22. The van der Waals surface area contributed by atoms with Crippen molar-refractivity contribution in [3.63, 3.8) is 0 Å². The molecule has 0 radical (unpaired) electrons. The van der Waals surface area contributed by atoms with Crippen LogP contribution in [0.4, 0.5) is 26.3 Å². The van der Waals surface area contributed by atoms with Gasteiger partial charge in [0.2, 0.25) is 0 Å². The summed E-state index contributed by atoms with van der Waals surface area (Å²) in [7, 11) is 1.20. The summed E-state index contributed by atoms with van der Waals surface area (Å²) in [5, 5.41) is 9.33. The Morgan fingerprint density at radius 1 is 0.964 bits per heavy atom. The molecule has 2 aromatic carbocycles. The van der Waals surface area contributed by atoms with E-state index in [0.717, 1.165) is 12.1 Å². The van der Waals surface area contributed by atoms with E-state index >= 15 is 0 Å². The van der Waals surface area contributed by atoms with Crippen LogP contribution in [0.3, 0.4) is 0 Å². The van der Waals surface area contributed by atoms with Gasteiger partial charge >= 0.3 is 18.3 Å². The lowest BCUT2D eigenvalue weighted by molar-refractivity contribution is -0.376. The summed E-state index contributed by atoms with van der Waals surface area (Å²) >= 11 is 0. The predicted octanol–water partition coefficient (Wildman–Crippen LogP) is 4.36. The van der Waals surface area contributed by atoms with E-state index in [1.807, 2.05) is 0 Å². The largest absolute Gasteiger partial charge is 0.489 e. The lowest BCUT2D eigenvalue weighted by Gasteiger charge is -2.32. The fraction of sp³-hybridized carbons (Fsp3) is 0.278. The standard InChI is InChI=1S/C18H14F6O4/c1-27-15(25)12-4-2-3-11(9-12)10-28-14-7-5-13(6-8-14)16(26,17(19,20)21)18(22,23)24/h2-9,26H,10H2,1H3. The second-order valence-electron chi connectivity index (χ2n) is 5.71. The third-order valence-corrected chi connectivity index (χ3v) is 3.85. The Kier molecular flexibility index (Phi) is 5.93. The number of benzene rings is 2. The molecule has 0 aliphatic heterocycles. The molecular weight excluding hydrogens is 394 g/mol. The molecule has 2 rings (SSSR count). The van der Waals surface area contributed by atoms with Gasteiger partial charge in [0.25, 0.3) is 5.60 Å². The van der Waals surface area contributed by atoms with Crippen LogP contribution in [0, 0.1) is 0 Å². The molecule has 0 fully saturated rings. The zero-order valence-corrected chi connectivity index (χ0v) is 14.3. The first kappa shape index (κ1) is 21.5. The predicted molar refractivity (Wildman–Crippen MR) is 84.6 cm³/mol. The molecule has 0 atom stereocenters. The number of carbonyl (C=O) groups excluding carboxylic acids is 1. The average molecular weight is 408 g/mol. The normalized spacial score (nSPS) is 12.6. The van der Waals surface area contributed by atoms with Gasteiger partial charge in [-0.2, -0.15) is 26.3 Å². The fourth-order valence-electron chi connectivity index (χ4n) is 2.35. The average Bonchev–Trinajstić information content (AvgIpc) is 2.64. The van der Waals surface area contributed by atoms with E-state index in [-0.39, 0.29) is 17.9 Å². The van der Waals surface area contributed by atoms with Gasteiger partial charge in [0.1, 0.15) is 12.4 Å². The molecule has 0 aliphatic rings. The van der Waals surface area contributed by atoms with E-state index in [4.69, 9.17) is 4.74 Å². The molecular formula is C18H14F6O4. The molecule has 0 amide bonds. The molecule has 0 bridgehead atoms. The number of hydrogen-bond acceptors (Lipinski definition) is 4. The van der Waals surface area contributed by atoms with Crippen molar-refractivity contribution in [3.8, 4) is 5.75 Å². The Morgan fingerprint density at radius 2 is 1.54 bits per heavy atom. The molecule has 152 valence electrons. The monoisotopic (exact) mass is 408 g/mol. The van der Waals surface area contributed by atoms with Gasteiger partial charge in [-0.1, -0.05) is 24.3 Å². The van der Waals surface area contributed by atoms with E-state index in [1.165, 1.54) is 19.2 Å². The minimum Gasteiger partial charge on any atom is -0.489 e.